The van der Waals surface area contributed by atoms with E-state index in [0.29, 0.717) is 16.0 Å². The number of hydrogen-bond acceptors (Lipinski definition) is 1. The smallest absolute Gasteiger partial charge is 0.0468 e. The number of hydrogen-bond donors (Lipinski definition) is 1. The monoisotopic (exact) mass is 257 g/mol. The zero-order valence-electron chi connectivity index (χ0n) is 9.26. The molecule has 0 heterocycles. The molecule has 0 radical (unpaired) electrons. The molecule has 3 heteroatoms. The minimum atomic E-state index is -0.0125. The molecule has 2 rings (SSSR count). The van der Waals surface area contributed by atoms with E-state index in [1.807, 2.05) is 18.2 Å². The second kappa shape index (κ2) is 5.39. The Balaban J connectivity index is 2.22. The molecule has 1 fully saturated rings. The summed E-state index contributed by atoms with van der Waals surface area (Å²) in [6, 6.07) is 5.58. The van der Waals surface area contributed by atoms with Gasteiger partial charge in [0, 0.05) is 21.7 Å². The predicted octanol–water partition coefficient (Wildman–Crippen LogP) is 4.57. The second-order valence-electron chi connectivity index (χ2n) is 4.56. The van der Waals surface area contributed by atoms with Gasteiger partial charge in [-0.25, -0.2) is 0 Å². The average molecular weight is 258 g/mol. The van der Waals surface area contributed by atoms with Crippen LogP contribution in [0.5, 0.6) is 0 Å². The summed E-state index contributed by atoms with van der Waals surface area (Å²) in [5, 5.41) is 1.40. The van der Waals surface area contributed by atoms with Crippen LogP contribution >= 0.6 is 23.2 Å². The van der Waals surface area contributed by atoms with Crippen molar-refractivity contribution in [1.82, 2.24) is 0 Å². The summed E-state index contributed by atoms with van der Waals surface area (Å²) in [7, 11) is 0. The summed E-state index contributed by atoms with van der Waals surface area (Å²) in [4.78, 5) is 0. The highest BCUT2D eigenvalue weighted by Gasteiger charge is 2.24. The first-order valence-electron chi connectivity index (χ1n) is 5.89. The molecular formula is C13H17Cl2N. The predicted molar refractivity (Wildman–Crippen MR) is 70.0 cm³/mol. The molecule has 1 aliphatic rings. The first-order valence-corrected chi connectivity index (χ1v) is 6.65. The van der Waals surface area contributed by atoms with Crippen LogP contribution in [0.3, 0.4) is 0 Å². The average Bonchev–Trinajstić information content (AvgIpc) is 2.30. The van der Waals surface area contributed by atoms with Crippen molar-refractivity contribution in [1.29, 1.82) is 0 Å². The first-order chi connectivity index (χ1) is 7.70. The van der Waals surface area contributed by atoms with Crippen LogP contribution in [0.1, 0.15) is 43.7 Å². The van der Waals surface area contributed by atoms with Crippen molar-refractivity contribution in [3.8, 4) is 0 Å². The number of halogens is 2. The van der Waals surface area contributed by atoms with Crippen LogP contribution in [0.2, 0.25) is 10.0 Å². The van der Waals surface area contributed by atoms with Crippen molar-refractivity contribution in [2.75, 3.05) is 0 Å². The van der Waals surface area contributed by atoms with Gasteiger partial charge in [0.25, 0.3) is 0 Å². The Labute approximate surface area is 107 Å². The van der Waals surface area contributed by atoms with Crippen molar-refractivity contribution in [2.24, 2.45) is 11.7 Å². The summed E-state index contributed by atoms with van der Waals surface area (Å²) < 4.78 is 0. The van der Waals surface area contributed by atoms with Gasteiger partial charge in [-0.15, -0.1) is 0 Å². The number of benzene rings is 1. The van der Waals surface area contributed by atoms with Crippen molar-refractivity contribution in [2.45, 2.75) is 38.1 Å². The lowest BCUT2D eigenvalue weighted by Crippen LogP contribution is -2.24. The molecule has 1 nitrogen and oxygen atoms in total. The van der Waals surface area contributed by atoms with E-state index in [4.69, 9.17) is 28.9 Å². The van der Waals surface area contributed by atoms with Crippen LogP contribution in [0, 0.1) is 5.92 Å². The van der Waals surface area contributed by atoms with Gasteiger partial charge in [-0.05, 0) is 30.9 Å². The summed E-state index contributed by atoms with van der Waals surface area (Å²) in [6.07, 6.45) is 6.28. The Morgan fingerprint density at radius 1 is 1.06 bits per heavy atom. The van der Waals surface area contributed by atoms with Crippen LogP contribution < -0.4 is 5.73 Å². The maximum absolute atomic E-state index is 6.30. The molecule has 1 aromatic carbocycles. The Morgan fingerprint density at radius 2 is 1.62 bits per heavy atom. The molecule has 0 unspecified atom stereocenters. The van der Waals surface area contributed by atoms with Gasteiger partial charge in [-0.3, -0.25) is 0 Å². The molecule has 1 aliphatic carbocycles. The Hall–Kier alpha value is -0.240. The van der Waals surface area contributed by atoms with Crippen molar-refractivity contribution < 1.29 is 0 Å². The van der Waals surface area contributed by atoms with E-state index in [1.54, 1.807) is 0 Å². The van der Waals surface area contributed by atoms with Crippen molar-refractivity contribution in [3.05, 3.63) is 33.8 Å². The van der Waals surface area contributed by atoms with Gasteiger partial charge in [-0.2, -0.15) is 0 Å². The molecule has 1 aromatic rings. The van der Waals surface area contributed by atoms with Gasteiger partial charge in [0.05, 0.1) is 0 Å². The summed E-state index contributed by atoms with van der Waals surface area (Å²) >= 11 is 12.4. The maximum atomic E-state index is 6.30. The van der Waals surface area contributed by atoms with Gasteiger partial charge < -0.3 is 5.73 Å². The minimum Gasteiger partial charge on any atom is -0.324 e. The summed E-state index contributed by atoms with van der Waals surface area (Å²) in [5.41, 5.74) is 7.23. The van der Waals surface area contributed by atoms with Gasteiger partial charge in [0.2, 0.25) is 0 Å². The third-order valence-corrected chi connectivity index (χ3v) is 4.15. The fourth-order valence-corrected chi connectivity index (χ4v) is 3.21. The van der Waals surface area contributed by atoms with Crippen LogP contribution in [0.15, 0.2) is 18.2 Å². The Bertz CT molecular complexity index is 339. The Morgan fingerprint density at radius 3 is 2.19 bits per heavy atom. The van der Waals surface area contributed by atoms with Gasteiger partial charge in [0.15, 0.2) is 0 Å². The van der Waals surface area contributed by atoms with E-state index in [1.165, 1.54) is 32.1 Å². The molecule has 16 heavy (non-hydrogen) atoms. The molecular weight excluding hydrogens is 241 g/mol. The second-order valence-corrected chi connectivity index (χ2v) is 5.37. The SMILES string of the molecule is N[C@H](c1c(Cl)cccc1Cl)C1CCCCC1. The quantitative estimate of drug-likeness (QED) is 0.825. The molecule has 88 valence electrons. The van der Waals surface area contributed by atoms with Crippen LogP contribution in [0.4, 0.5) is 0 Å². The fourth-order valence-electron chi connectivity index (χ4n) is 2.56. The molecule has 1 saturated carbocycles. The number of rotatable bonds is 2. The number of nitrogens with two attached hydrogens (primary N) is 1. The highest BCUT2D eigenvalue weighted by molar-refractivity contribution is 6.36. The molecule has 0 bridgehead atoms. The largest absolute Gasteiger partial charge is 0.324 e. The van der Waals surface area contributed by atoms with E-state index < -0.39 is 0 Å². The molecule has 0 aliphatic heterocycles. The first kappa shape index (κ1) is 12.2. The highest BCUT2D eigenvalue weighted by Crippen LogP contribution is 2.38. The highest BCUT2D eigenvalue weighted by atomic mass is 35.5. The van der Waals surface area contributed by atoms with Crippen molar-refractivity contribution in [3.63, 3.8) is 0 Å². The maximum Gasteiger partial charge on any atom is 0.0468 e. The molecule has 2 N–H and O–H groups in total. The lowest BCUT2D eigenvalue weighted by atomic mass is 9.81. The van der Waals surface area contributed by atoms with Crippen molar-refractivity contribution >= 4 is 23.2 Å². The zero-order valence-corrected chi connectivity index (χ0v) is 10.8. The van der Waals surface area contributed by atoms with E-state index in [9.17, 15) is 0 Å². The van der Waals surface area contributed by atoms with Crippen LogP contribution in [0.25, 0.3) is 0 Å². The summed E-state index contributed by atoms with van der Waals surface area (Å²) in [6.45, 7) is 0. The third-order valence-electron chi connectivity index (χ3n) is 3.49. The lowest BCUT2D eigenvalue weighted by Gasteiger charge is -2.28. The molecule has 0 saturated heterocycles. The third kappa shape index (κ3) is 2.53. The van der Waals surface area contributed by atoms with Crippen LogP contribution in [-0.2, 0) is 0 Å². The minimum absolute atomic E-state index is 0.0125. The standard InChI is InChI=1S/C13H17Cl2N/c14-10-7-4-8-11(15)12(10)13(16)9-5-2-1-3-6-9/h4,7-9,13H,1-3,5-6,16H2/t13-/m0/s1. The van der Waals surface area contributed by atoms with Gasteiger partial charge in [-0.1, -0.05) is 48.5 Å². The van der Waals surface area contributed by atoms with Crippen LogP contribution in [-0.4, -0.2) is 0 Å². The molecule has 0 amide bonds. The fraction of sp³-hybridized carbons (Fsp3) is 0.538. The molecule has 0 spiro atoms. The molecule has 1 atom stereocenters. The van der Waals surface area contributed by atoms with E-state index in [0.717, 1.165) is 5.56 Å². The van der Waals surface area contributed by atoms with E-state index in [-0.39, 0.29) is 6.04 Å². The molecule has 0 aromatic heterocycles. The van der Waals surface area contributed by atoms with E-state index >= 15 is 0 Å². The van der Waals surface area contributed by atoms with Gasteiger partial charge in [0.1, 0.15) is 0 Å². The zero-order chi connectivity index (χ0) is 11.5. The Kier molecular flexibility index (Phi) is 4.12. The van der Waals surface area contributed by atoms with E-state index in [2.05, 4.69) is 0 Å². The summed E-state index contributed by atoms with van der Waals surface area (Å²) in [5.74, 6) is 0.533. The van der Waals surface area contributed by atoms with Gasteiger partial charge >= 0.3 is 0 Å². The normalized spacial score (nSPS) is 19.7. The topological polar surface area (TPSA) is 26.0 Å². The lowest BCUT2D eigenvalue weighted by molar-refractivity contribution is 0.308.